The Hall–Kier alpha value is -2.57. The molecule has 0 saturated heterocycles. The lowest BCUT2D eigenvalue weighted by Gasteiger charge is -2.16. The largest absolute Gasteiger partial charge is 0.487 e. The van der Waals surface area contributed by atoms with Crippen LogP contribution in [0.3, 0.4) is 0 Å². The number of nitrogens with one attached hydrogen (secondary N) is 2. The molecule has 0 unspecified atom stereocenters. The smallest absolute Gasteiger partial charge is 0.233 e. The van der Waals surface area contributed by atoms with Crippen molar-refractivity contribution in [1.29, 1.82) is 0 Å². The van der Waals surface area contributed by atoms with Gasteiger partial charge in [-0.05, 0) is 48.2 Å². The van der Waals surface area contributed by atoms with Gasteiger partial charge >= 0.3 is 0 Å². The van der Waals surface area contributed by atoms with Crippen molar-refractivity contribution in [2.24, 2.45) is 0 Å². The van der Waals surface area contributed by atoms with E-state index < -0.39 is 0 Å². The highest BCUT2D eigenvalue weighted by atomic mass is 35.5. The van der Waals surface area contributed by atoms with Gasteiger partial charge in [0.15, 0.2) is 0 Å². The highest BCUT2D eigenvalue weighted by Crippen LogP contribution is 2.30. The second-order valence-corrected chi connectivity index (χ2v) is 8.37. The Morgan fingerprint density at radius 3 is 2.35 bits per heavy atom. The molecule has 1 saturated carbocycles. The molecule has 6 nitrogen and oxygen atoms in total. The molecule has 162 valence electrons. The van der Waals surface area contributed by atoms with Crippen molar-refractivity contribution < 1.29 is 4.74 Å². The van der Waals surface area contributed by atoms with E-state index in [4.69, 9.17) is 27.9 Å². The maximum Gasteiger partial charge on any atom is 0.233 e. The number of rotatable bonds is 7. The molecule has 0 radical (unpaired) electrons. The summed E-state index contributed by atoms with van der Waals surface area (Å²) in [5.41, 5.74) is 1.81. The SMILES string of the molecule is Clc1nc(Nc2ccc(OCc3ccccc3)c(Cl)c2)nc(NC2CCCCCC2)n1. The zero-order valence-electron chi connectivity index (χ0n) is 17.2. The fraction of sp³-hybridized carbons (Fsp3) is 0.348. The summed E-state index contributed by atoms with van der Waals surface area (Å²) in [7, 11) is 0. The molecule has 0 amide bonds. The van der Waals surface area contributed by atoms with E-state index in [1.807, 2.05) is 42.5 Å². The predicted molar refractivity (Wildman–Crippen MR) is 125 cm³/mol. The quantitative estimate of drug-likeness (QED) is 0.387. The minimum Gasteiger partial charge on any atom is -0.487 e. The summed E-state index contributed by atoms with van der Waals surface area (Å²) in [5.74, 6) is 1.47. The zero-order chi connectivity index (χ0) is 21.5. The summed E-state index contributed by atoms with van der Waals surface area (Å²) < 4.78 is 5.83. The van der Waals surface area contributed by atoms with Crippen LogP contribution in [0.5, 0.6) is 5.75 Å². The Kier molecular flexibility index (Phi) is 7.43. The summed E-state index contributed by atoms with van der Waals surface area (Å²) in [5, 5.41) is 7.20. The van der Waals surface area contributed by atoms with Crippen molar-refractivity contribution in [3.05, 3.63) is 64.4 Å². The first kappa shape index (κ1) is 21.7. The fourth-order valence-electron chi connectivity index (χ4n) is 3.64. The molecule has 4 rings (SSSR count). The molecular weight excluding hydrogens is 433 g/mol. The van der Waals surface area contributed by atoms with E-state index in [9.17, 15) is 0 Å². The van der Waals surface area contributed by atoms with Crippen molar-refractivity contribution in [2.45, 2.75) is 51.2 Å². The second kappa shape index (κ2) is 10.6. The molecule has 1 aliphatic rings. The normalized spacial score (nSPS) is 14.6. The molecule has 1 aromatic heterocycles. The van der Waals surface area contributed by atoms with Gasteiger partial charge in [-0.2, -0.15) is 15.0 Å². The van der Waals surface area contributed by atoms with Gasteiger partial charge < -0.3 is 15.4 Å². The number of ether oxygens (including phenoxy) is 1. The first-order chi connectivity index (χ1) is 15.2. The number of halogens is 2. The Morgan fingerprint density at radius 2 is 1.61 bits per heavy atom. The van der Waals surface area contributed by atoms with Gasteiger partial charge in [0.1, 0.15) is 12.4 Å². The summed E-state index contributed by atoms with van der Waals surface area (Å²) >= 11 is 12.5. The third-order valence-electron chi connectivity index (χ3n) is 5.22. The Balaban J connectivity index is 1.41. The van der Waals surface area contributed by atoms with E-state index in [-0.39, 0.29) is 5.28 Å². The van der Waals surface area contributed by atoms with Crippen LogP contribution in [0.15, 0.2) is 48.5 Å². The molecule has 1 heterocycles. The van der Waals surface area contributed by atoms with Crippen molar-refractivity contribution in [3.8, 4) is 5.75 Å². The van der Waals surface area contributed by atoms with Crippen LogP contribution in [-0.2, 0) is 6.61 Å². The van der Waals surface area contributed by atoms with Crippen molar-refractivity contribution in [1.82, 2.24) is 15.0 Å². The lowest BCUT2D eigenvalue weighted by atomic mass is 10.1. The number of aromatic nitrogens is 3. The Labute approximate surface area is 192 Å². The maximum atomic E-state index is 6.41. The minimum atomic E-state index is 0.141. The fourth-order valence-corrected chi connectivity index (χ4v) is 4.03. The van der Waals surface area contributed by atoms with Gasteiger partial charge in [-0.25, -0.2) is 0 Å². The highest BCUT2D eigenvalue weighted by molar-refractivity contribution is 6.32. The first-order valence-corrected chi connectivity index (χ1v) is 11.3. The van der Waals surface area contributed by atoms with Crippen molar-refractivity contribution in [2.75, 3.05) is 10.6 Å². The van der Waals surface area contributed by atoms with E-state index in [2.05, 4.69) is 25.6 Å². The minimum absolute atomic E-state index is 0.141. The lowest BCUT2D eigenvalue weighted by Crippen LogP contribution is -2.20. The zero-order valence-corrected chi connectivity index (χ0v) is 18.7. The Morgan fingerprint density at radius 1 is 0.871 bits per heavy atom. The van der Waals surface area contributed by atoms with Crippen LogP contribution in [-0.4, -0.2) is 21.0 Å². The summed E-state index contributed by atoms with van der Waals surface area (Å²) in [6, 6.07) is 15.8. The first-order valence-electron chi connectivity index (χ1n) is 10.6. The average Bonchev–Trinajstić information content (AvgIpc) is 3.02. The number of hydrogen-bond acceptors (Lipinski definition) is 6. The summed E-state index contributed by atoms with van der Waals surface area (Å²) in [4.78, 5) is 12.9. The molecule has 31 heavy (non-hydrogen) atoms. The molecule has 8 heteroatoms. The number of anilines is 3. The molecule has 3 aromatic rings. The summed E-state index contributed by atoms with van der Waals surface area (Å²) in [6.07, 6.45) is 7.25. The topological polar surface area (TPSA) is 72.0 Å². The molecule has 2 N–H and O–H groups in total. The standard InChI is InChI=1S/C23H25Cl2N5O/c24-19-14-18(12-13-20(19)31-15-16-8-4-3-5-9-16)27-23-29-21(25)28-22(30-23)26-17-10-6-1-2-7-11-17/h3-5,8-9,12-14,17H,1-2,6-7,10-11,15H2,(H2,26,27,28,29,30). The van der Waals surface area contributed by atoms with Gasteiger partial charge in [-0.15, -0.1) is 0 Å². The highest BCUT2D eigenvalue weighted by Gasteiger charge is 2.15. The maximum absolute atomic E-state index is 6.41. The van der Waals surface area contributed by atoms with Gasteiger partial charge in [0.25, 0.3) is 0 Å². The van der Waals surface area contributed by atoms with E-state index in [0.717, 1.165) is 24.1 Å². The van der Waals surface area contributed by atoms with Crippen LogP contribution in [0.1, 0.15) is 44.1 Å². The molecule has 1 aliphatic carbocycles. The number of hydrogen-bond donors (Lipinski definition) is 2. The lowest BCUT2D eigenvalue weighted by molar-refractivity contribution is 0.306. The van der Waals surface area contributed by atoms with Crippen molar-refractivity contribution >= 4 is 40.8 Å². The van der Waals surface area contributed by atoms with Gasteiger partial charge in [0.05, 0.1) is 5.02 Å². The van der Waals surface area contributed by atoms with Gasteiger partial charge in [-0.3, -0.25) is 0 Å². The molecule has 1 fully saturated rings. The molecule has 0 aliphatic heterocycles. The van der Waals surface area contributed by atoms with Crippen LogP contribution in [0.4, 0.5) is 17.6 Å². The van der Waals surface area contributed by atoms with E-state index in [1.54, 1.807) is 6.07 Å². The average molecular weight is 458 g/mol. The van der Waals surface area contributed by atoms with E-state index in [1.165, 1.54) is 25.7 Å². The van der Waals surface area contributed by atoms with Crippen LogP contribution in [0, 0.1) is 0 Å². The van der Waals surface area contributed by atoms with Crippen molar-refractivity contribution in [3.63, 3.8) is 0 Å². The second-order valence-electron chi connectivity index (χ2n) is 7.63. The van der Waals surface area contributed by atoms with Crippen LogP contribution in [0.25, 0.3) is 0 Å². The monoisotopic (exact) mass is 457 g/mol. The third kappa shape index (κ3) is 6.45. The summed E-state index contributed by atoms with van der Waals surface area (Å²) in [6.45, 7) is 0.451. The van der Waals surface area contributed by atoms with Gasteiger partial charge in [0.2, 0.25) is 17.2 Å². The molecule has 0 spiro atoms. The third-order valence-corrected chi connectivity index (χ3v) is 5.69. The molecule has 2 aromatic carbocycles. The number of nitrogens with zero attached hydrogens (tertiary/aromatic N) is 3. The molecular formula is C23H25Cl2N5O. The predicted octanol–water partition coefficient (Wildman–Crippen LogP) is 6.64. The number of benzene rings is 2. The Bertz CT molecular complexity index is 995. The van der Waals surface area contributed by atoms with E-state index >= 15 is 0 Å². The van der Waals surface area contributed by atoms with Gasteiger partial charge in [0, 0.05) is 11.7 Å². The van der Waals surface area contributed by atoms with Crippen LogP contribution in [0.2, 0.25) is 10.3 Å². The van der Waals surface area contributed by atoms with Gasteiger partial charge in [-0.1, -0.05) is 67.6 Å². The van der Waals surface area contributed by atoms with Crippen LogP contribution < -0.4 is 15.4 Å². The molecule has 0 bridgehead atoms. The molecule has 0 atom stereocenters. The van der Waals surface area contributed by atoms with Crippen LogP contribution >= 0.6 is 23.2 Å². The van der Waals surface area contributed by atoms with E-state index in [0.29, 0.717) is 35.3 Å².